The van der Waals surface area contributed by atoms with Crippen molar-refractivity contribution in [3.63, 3.8) is 0 Å². The number of rotatable bonds is 2. The molecule has 0 N–H and O–H groups in total. The molecule has 0 bridgehead atoms. The van der Waals surface area contributed by atoms with Gasteiger partial charge in [0.15, 0.2) is 0 Å². The van der Waals surface area contributed by atoms with E-state index in [-0.39, 0.29) is 53.6 Å². The molecule has 0 spiro atoms. The number of piperazine rings is 1. The normalized spacial score (nSPS) is 24.0. The highest BCUT2D eigenvalue weighted by atomic mass is 35.7. The molecule has 1 fully saturated rings. The Balaban J connectivity index is 1.63. The van der Waals surface area contributed by atoms with E-state index in [0.29, 0.717) is 11.1 Å². The molecule has 1 aromatic carbocycles. The Morgan fingerprint density at radius 3 is 2.33 bits per heavy atom. The largest absolute Gasteiger partial charge is 0.444 e. The fourth-order valence-electron chi connectivity index (χ4n) is 5.74. The highest BCUT2D eigenvalue weighted by Gasteiger charge is 2.39. The van der Waals surface area contributed by atoms with Crippen LogP contribution >= 0.6 is 20.8 Å². The Labute approximate surface area is 247 Å². The third kappa shape index (κ3) is 5.90. The second kappa shape index (κ2) is 10.9. The number of alkyl halides is 3. The molecule has 1 unspecified atom stereocenters. The van der Waals surface area contributed by atoms with E-state index >= 15 is 0 Å². The minimum Gasteiger partial charge on any atom is -0.444 e. The molecule has 2 aliphatic rings. The van der Waals surface area contributed by atoms with E-state index in [4.69, 9.17) is 15.4 Å². The van der Waals surface area contributed by atoms with Crippen LogP contribution in [0.2, 0.25) is 0 Å². The number of amides is 1. The lowest BCUT2D eigenvalue weighted by atomic mass is 10.0. The number of pyridine rings is 1. The van der Waals surface area contributed by atoms with Gasteiger partial charge >= 0.3 is 18.0 Å². The van der Waals surface area contributed by atoms with E-state index in [1.54, 1.807) is 30.6 Å². The van der Waals surface area contributed by atoms with Crippen molar-refractivity contribution in [1.29, 1.82) is 0 Å². The molecule has 3 aromatic rings. The molecule has 1 saturated heterocycles. The molecule has 0 radical (unpaired) electrons. The van der Waals surface area contributed by atoms with E-state index in [2.05, 4.69) is 9.97 Å². The number of benzene rings is 1. The van der Waals surface area contributed by atoms with Crippen LogP contribution < -0.4 is 10.6 Å². The number of nitrogens with zero attached hydrogens (tertiary/aromatic N) is 5. The smallest absolute Gasteiger partial charge is 0.416 e. The van der Waals surface area contributed by atoms with Gasteiger partial charge in [0, 0.05) is 47.8 Å². The Kier molecular flexibility index (Phi) is 7.88. The predicted octanol–water partition coefficient (Wildman–Crippen LogP) is 6.09. The highest BCUT2D eigenvalue weighted by molar-refractivity contribution is 8.36. The monoisotopic (exact) mass is 629 g/mol. The van der Waals surface area contributed by atoms with Crippen LogP contribution in [0.15, 0.2) is 40.3 Å². The number of aromatic nitrogens is 3. The topological polar surface area (TPSA) is 80.6 Å². The van der Waals surface area contributed by atoms with Crippen molar-refractivity contribution in [2.24, 2.45) is 0 Å². The molecular formula is C28H32ClF4N5O3S. The molecular weight excluding hydrogens is 598 g/mol. The zero-order valence-electron chi connectivity index (χ0n) is 23.7. The Hall–Kier alpha value is -3.06. The second-order valence-corrected chi connectivity index (χ2v) is 14.7. The summed E-state index contributed by atoms with van der Waals surface area (Å²) in [6.45, 7) is 9.42. The number of carbonyl (C=O) groups is 1. The van der Waals surface area contributed by atoms with Crippen molar-refractivity contribution in [2.45, 2.75) is 75.8 Å². The maximum atomic E-state index is 14.2. The first-order chi connectivity index (χ1) is 19.5. The van der Waals surface area contributed by atoms with Gasteiger partial charge in [-0.05, 0) is 58.4 Å². The van der Waals surface area contributed by atoms with Crippen LogP contribution in [0.3, 0.4) is 0 Å². The van der Waals surface area contributed by atoms with Crippen LogP contribution in [0.4, 0.5) is 28.2 Å². The van der Waals surface area contributed by atoms with Gasteiger partial charge in [0.1, 0.15) is 17.2 Å². The average molecular weight is 630 g/mol. The molecule has 4 atom stereocenters. The van der Waals surface area contributed by atoms with Crippen molar-refractivity contribution in [3.05, 3.63) is 58.0 Å². The number of hydrogen-bond acceptors (Lipinski definition) is 6. The van der Waals surface area contributed by atoms with Gasteiger partial charge in [0.05, 0.1) is 29.4 Å². The first-order valence-corrected chi connectivity index (χ1v) is 15.9. The van der Waals surface area contributed by atoms with Crippen LogP contribution in [-0.4, -0.2) is 62.1 Å². The van der Waals surface area contributed by atoms with Gasteiger partial charge in [-0.1, -0.05) is 10.7 Å². The summed E-state index contributed by atoms with van der Waals surface area (Å²) < 4.78 is 63.5. The minimum absolute atomic E-state index is 0.0525. The quantitative estimate of drug-likeness (QED) is 0.273. The lowest BCUT2D eigenvalue weighted by molar-refractivity contribution is -0.137. The second-order valence-electron chi connectivity index (χ2n) is 11.9. The zero-order chi connectivity index (χ0) is 30.7. The molecule has 14 heteroatoms. The van der Waals surface area contributed by atoms with Crippen LogP contribution in [0, 0.1) is 5.82 Å². The van der Waals surface area contributed by atoms with E-state index in [1.807, 2.05) is 13.8 Å². The van der Waals surface area contributed by atoms with Crippen molar-refractivity contribution in [1.82, 2.24) is 19.4 Å². The van der Waals surface area contributed by atoms with E-state index in [1.165, 1.54) is 16.8 Å². The SMILES string of the molecule is C[C@@H]1CN(c2nc(=O)n3c4c(cc(C(F)(F)F)cc24)[SH](Cl)C[C@H](c2cncc(F)c2)C3)C[C@H](C)N1C(=O)OC(C)(C)C. The van der Waals surface area contributed by atoms with Crippen molar-refractivity contribution >= 4 is 43.6 Å². The molecule has 2 aromatic heterocycles. The summed E-state index contributed by atoms with van der Waals surface area (Å²) in [5.41, 5.74) is -1.46. The molecule has 42 heavy (non-hydrogen) atoms. The van der Waals surface area contributed by atoms with Crippen molar-refractivity contribution in [3.8, 4) is 0 Å². The van der Waals surface area contributed by atoms with Crippen molar-refractivity contribution in [2.75, 3.05) is 23.7 Å². The predicted molar refractivity (Wildman–Crippen MR) is 155 cm³/mol. The van der Waals surface area contributed by atoms with Gasteiger partial charge in [-0.15, -0.1) is 10.1 Å². The maximum absolute atomic E-state index is 14.2. The molecule has 5 rings (SSSR count). The van der Waals surface area contributed by atoms with Crippen molar-refractivity contribution < 1.29 is 27.1 Å². The lowest BCUT2D eigenvalue weighted by Gasteiger charge is -2.45. The summed E-state index contributed by atoms with van der Waals surface area (Å²) >= 11 is 0. The highest BCUT2D eigenvalue weighted by Crippen LogP contribution is 2.52. The van der Waals surface area contributed by atoms with Crippen LogP contribution in [0.1, 0.15) is 51.7 Å². The Bertz CT molecular complexity index is 1580. The van der Waals surface area contributed by atoms with Crippen LogP contribution in [0.5, 0.6) is 0 Å². The average Bonchev–Trinajstić information content (AvgIpc) is 3.01. The Morgan fingerprint density at radius 2 is 1.74 bits per heavy atom. The Morgan fingerprint density at radius 1 is 1.07 bits per heavy atom. The zero-order valence-corrected chi connectivity index (χ0v) is 25.4. The van der Waals surface area contributed by atoms with Gasteiger partial charge in [-0.2, -0.15) is 18.2 Å². The number of anilines is 1. The van der Waals surface area contributed by atoms with Crippen LogP contribution in [0.25, 0.3) is 10.9 Å². The molecule has 228 valence electrons. The fourth-order valence-corrected chi connectivity index (χ4v) is 8.29. The number of hydrogen-bond donors (Lipinski definition) is 1. The summed E-state index contributed by atoms with van der Waals surface area (Å²) in [6, 6.07) is 2.54. The maximum Gasteiger partial charge on any atom is 0.416 e. The van der Waals surface area contributed by atoms with Gasteiger partial charge in [-0.25, -0.2) is 14.0 Å². The first-order valence-electron chi connectivity index (χ1n) is 13.5. The summed E-state index contributed by atoms with van der Waals surface area (Å²) in [5.74, 6) is -0.707. The van der Waals surface area contributed by atoms with Gasteiger partial charge in [0.2, 0.25) is 0 Å². The third-order valence-electron chi connectivity index (χ3n) is 7.43. The molecule has 0 saturated carbocycles. The van der Waals surface area contributed by atoms with Gasteiger partial charge in [-0.3, -0.25) is 14.5 Å². The molecule has 0 aliphatic carbocycles. The van der Waals surface area contributed by atoms with Gasteiger partial charge < -0.3 is 9.64 Å². The molecule has 8 nitrogen and oxygen atoms in total. The summed E-state index contributed by atoms with van der Waals surface area (Å²) in [4.78, 5) is 38.3. The number of carbonyl (C=O) groups excluding carboxylic acids is 1. The molecule has 2 aliphatic heterocycles. The first kappa shape index (κ1) is 30.4. The molecule has 1 amide bonds. The lowest BCUT2D eigenvalue weighted by Crippen LogP contribution is -2.59. The third-order valence-corrected chi connectivity index (χ3v) is 10.0. The number of halogens is 5. The number of thiol groups is 1. The summed E-state index contributed by atoms with van der Waals surface area (Å²) in [5, 5.41) is 0.149. The van der Waals surface area contributed by atoms with E-state index in [0.717, 1.165) is 18.3 Å². The van der Waals surface area contributed by atoms with E-state index < -0.39 is 51.0 Å². The fraction of sp³-hybridized carbons (Fsp3) is 0.500. The molecule has 4 heterocycles. The van der Waals surface area contributed by atoms with E-state index in [9.17, 15) is 27.2 Å². The standard InChI is InChI=1S/C28H32ClF4N5O3S/c1-15-11-36(12-16(2)38(15)26(40)41-27(3,4)5)24-21-7-19(28(31,32)33)8-22-23(21)37(25(39)35-24)13-18(14-42(22)29)17-6-20(30)10-34-9-17/h6-10,15-16,18,42H,11-14H2,1-5H3/t15-,16+,18-/m1/s1. The summed E-state index contributed by atoms with van der Waals surface area (Å²) in [7, 11) is 5.14. The summed E-state index contributed by atoms with van der Waals surface area (Å²) in [6.07, 6.45) is -2.64. The van der Waals surface area contributed by atoms with Gasteiger partial charge in [0.25, 0.3) is 0 Å². The number of ether oxygens (including phenoxy) is 1. The minimum atomic E-state index is -4.68. The van der Waals surface area contributed by atoms with Crippen LogP contribution in [-0.2, 0) is 17.5 Å².